The van der Waals surface area contributed by atoms with Crippen molar-refractivity contribution in [2.75, 3.05) is 36.5 Å². The largest absolute Gasteiger partial charge is 0.382 e. The molecule has 0 radical (unpaired) electrons. The number of piperidine rings is 1. The molecule has 3 heterocycles. The monoisotopic (exact) mass is 441 g/mol. The van der Waals surface area contributed by atoms with Crippen molar-refractivity contribution in [3.63, 3.8) is 0 Å². The minimum Gasteiger partial charge on any atom is -0.382 e. The van der Waals surface area contributed by atoms with Crippen molar-refractivity contribution < 1.29 is 9.53 Å². The maximum atomic E-state index is 13.0. The number of rotatable bonds is 8. The van der Waals surface area contributed by atoms with E-state index in [1.54, 1.807) is 6.20 Å². The summed E-state index contributed by atoms with van der Waals surface area (Å²) in [6, 6.07) is 11.7. The Hall–Kier alpha value is -2.64. The van der Waals surface area contributed by atoms with E-state index in [0.717, 1.165) is 55.7 Å². The third-order valence-electron chi connectivity index (χ3n) is 5.67. The average molecular weight is 442 g/mol. The van der Waals surface area contributed by atoms with Gasteiger partial charge >= 0.3 is 0 Å². The van der Waals surface area contributed by atoms with E-state index >= 15 is 0 Å². The van der Waals surface area contributed by atoms with E-state index in [1.807, 2.05) is 43.3 Å². The summed E-state index contributed by atoms with van der Waals surface area (Å²) in [7, 11) is 0. The lowest BCUT2D eigenvalue weighted by Crippen LogP contribution is -2.38. The lowest BCUT2D eigenvalue weighted by atomic mass is 9.96. The number of pyridine rings is 1. The van der Waals surface area contributed by atoms with Crippen LogP contribution in [-0.2, 0) is 16.1 Å². The van der Waals surface area contributed by atoms with Gasteiger partial charge in [0.2, 0.25) is 11.9 Å². The molecule has 0 aliphatic carbocycles. The van der Waals surface area contributed by atoms with E-state index < -0.39 is 0 Å². The Kier molecular flexibility index (Phi) is 7.04. The van der Waals surface area contributed by atoms with E-state index in [9.17, 15) is 4.79 Å². The van der Waals surface area contributed by atoms with Gasteiger partial charge in [-0.2, -0.15) is 0 Å². The smallest absolute Gasteiger partial charge is 0.229 e. The number of benzene rings is 1. The van der Waals surface area contributed by atoms with Crippen LogP contribution in [0.15, 0.2) is 42.6 Å². The number of nitrogens with zero attached hydrogens (tertiary/aromatic N) is 4. The molecule has 8 heteroatoms. The van der Waals surface area contributed by atoms with E-state index in [2.05, 4.69) is 24.8 Å². The van der Waals surface area contributed by atoms with Crippen LogP contribution >= 0.6 is 11.6 Å². The van der Waals surface area contributed by atoms with Gasteiger partial charge in [0, 0.05) is 45.0 Å². The Labute approximate surface area is 187 Å². The lowest BCUT2D eigenvalue weighted by Gasteiger charge is -2.32. The molecule has 1 aliphatic rings. The number of aryl methyl sites for hydroxylation is 1. The number of amides is 1. The van der Waals surface area contributed by atoms with Crippen LogP contribution in [0.25, 0.3) is 11.0 Å². The molecule has 0 bridgehead atoms. The Morgan fingerprint density at radius 1 is 1.23 bits per heavy atom. The first-order valence-electron chi connectivity index (χ1n) is 10.9. The van der Waals surface area contributed by atoms with Crippen molar-refractivity contribution in [1.29, 1.82) is 0 Å². The molecule has 0 unspecified atom stereocenters. The van der Waals surface area contributed by atoms with Crippen LogP contribution in [0.1, 0.15) is 26.2 Å². The van der Waals surface area contributed by atoms with Crippen molar-refractivity contribution in [1.82, 2.24) is 14.5 Å². The zero-order chi connectivity index (χ0) is 21.6. The number of ether oxygens (including phenoxy) is 1. The van der Waals surface area contributed by atoms with Gasteiger partial charge in [-0.25, -0.2) is 9.97 Å². The number of halogens is 1. The minimum absolute atomic E-state index is 0.0325. The average Bonchev–Trinajstić information content (AvgIpc) is 3.14. The van der Waals surface area contributed by atoms with Gasteiger partial charge in [-0.15, -0.1) is 0 Å². The van der Waals surface area contributed by atoms with Crippen LogP contribution in [0.5, 0.6) is 0 Å². The first-order chi connectivity index (χ1) is 15.2. The number of hydrogen-bond donors (Lipinski definition) is 1. The molecule has 1 N–H and O–H groups in total. The second-order valence-corrected chi connectivity index (χ2v) is 8.15. The van der Waals surface area contributed by atoms with E-state index in [4.69, 9.17) is 16.3 Å². The minimum atomic E-state index is -0.0414. The summed E-state index contributed by atoms with van der Waals surface area (Å²) in [4.78, 5) is 24.3. The van der Waals surface area contributed by atoms with Crippen LogP contribution in [0.3, 0.4) is 0 Å². The van der Waals surface area contributed by atoms with Crippen LogP contribution < -0.4 is 10.2 Å². The van der Waals surface area contributed by atoms with Gasteiger partial charge in [-0.05, 0) is 50.5 Å². The van der Waals surface area contributed by atoms with Crippen molar-refractivity contribution in [2.24, 2.45) is 5.92 Å². The molecule has 7 nitrogen and oxygen atoms in total. The molecule has 2 aromatic heterocycles. The number of carbonyl (C=O) groups is 1. The Morgan fingerprint density at radius 2 is 2.03 bits per heavy atom. The fourth-order valence-electron chi connectivity index (χ4n) is 4.00. The molecule has 31 heavy (non-hydrogen) atoms. The second kappa shape index (κ2) is 10.1. The fraction of sp³-hybridized carbons (Fsp3) is 0.435. The van der Waals surface area contributed by atoms with Crippen molar-refractivity contribution in [3.8, 4) is 0 Å². The highest BCUT2D eigenvalue weighted by atomic mass is 35.5. The zero-order valence-electron chi connectivity index (χ0n) is 17.8. The Balaban J connectivity index is 1.40. The molecule has 0 saturated carbocycles. The number of nitrogens with one attached hydrogen (secondary N) is 1. The topological polar surface area (TPSA) is 72.3 Å². The van der Waals surface area contributed by atoms with E-state index in [1.165, 1.54) is 0 Å². The number of anilines is 2. The van der Waals surface area contributed by atoms with E-state index in [-0.39, 0.29) is 11.8 Å². The normalized spacial score (nSPS) is 14.8. The molecule has 0 atom stereocenters. The van der Waals surface area contributed by atoms with Crippen LogP contribution in [0.2, 0.25) is 5.02 Å². The first kappa shape index (κ1) is 21.6. The van der Waals surface area contributed by atoms with Gasteiger partial charge in [-0.1, -0.05) is 23.7 Å². The molecule has 164 valence electrons. The molecular weight excluding hydrogens is 414 g/mol. The quantitative estimate of drug-likeness (QED) is 0.525. The number of fused-ring (bicyclic) bond motifs is 1. The van der Waals surface area contributed by atoms with Gasteiger partial charge in [-0.3, -0.25) is 10.1 Å². The van der Waals surface area contributed by atoms with Crippen LogP contribution in [0.4, 0.5) is 11.8 Å². The van der Waals surface area contributed by atoms with Crippen LogP contribution in [0, 0.1) is 5.92 Å². The van der Waals surface area contributed by atoms with Crippen LogP contribution in [-0.4, -0.2) is 46.7 Å². The Bertz CT molecular complexity index is 1010. The van der Waals surface area contributed by atoms with Crippen molar-refractivity contribution >= 4 is 40.3 Å². The Morgan fingerprint density at radius 3 is 2.77 bits per heavy atom. The summed E-state index contributed by atoms with van der Waals surface area (Å²) in [5.74, 6) is 1.51. The zero-order valence-corrected chi connectivity index (χ0v) is 18.5. The summed E-state index contributed by atoms with van der Waals surface area (Å²) in [6.07, 6.45) is 4.08. The maximum absolute atomic E-state index is 13.0. The SMILES string of the molecule is CCOCCCn1c(NC(=O)C2CCN(c3ccc(Cl)cn3)CC2)nc2ccccc21. The molecule has 1 aliphatic heterocycles. The van der Waals surface area contributed by atoms with Gasteiger partial charge in [0.05, 0.1) is 16.1 Å². The highest BCUT2D eigenvalue weighted by Crippen LogP contribution is 2.25. The molecule has 0 spiro atoms. The third-order valence-corrected chi connectivity index (χ3v) is 5.89. The second-order valence-electron chi connectivity index (χ2n) is 7.71. The summed E-state index contributed by atoms with van der Waals surface area (Å²) >= 11 is 5.93. The molecule has 1 saturated heterocycles. The van der Waals surface area contributed by atoms with Gasteiger partial charge < -0.3 is 14.2 Å². The number of aromatic nitrogens is 3. The summed E-state index contributed by atoms with van der Waals surface area (Å²) in [5, 5.41) is 3.72. The number of hydrogen-bond acceptors (Lipinski definition) is 5. The fourth-order valence-corrected chi connectivity index (χ4v) is 4.12. The molecule has 1 aromatic carbocycles. The van der Waals surface area contributed by atoms with Crippen molar-refractivity contribution in [3.05, 3.63) is 47.6 Å². The van der Waals surface area contributed by atoms with E-state index in [0.29, 0.717) is 24.2 Å². The first-order valence-corrected chi connectivity index (χ1v) is 11.2. The molecule has 4 rings (SSSR count). The summed E-state index contributed by atoms with van der Waals surface area (Å²) in [6.45, 7) is 5.71. The molecule has 1 amide bonds. The van der Waals surface area contributed by atoms with Gasteiger partial charge in [0.15, 0.2) is 0 Å². The summed E-state index contributed by atoms with van der Waals surface area (Å²) in [5.41, 5.74) is 1.91. The number of para-hydroxylation sites is 2. The summed E-state index contributed by atoms with van der Waals surface area (Å²) < 4.78 is 7.56. The van der Waals surface area contributed by atoms with Crippen molar-refractivity contribution in [2.45, 2.75) is 32.7 Å². The highest BCUT2D eigenvalue weighted by molar-refractivity contribution is 6.30. The molecule has 3 aromatic rings. The van der Waals surface area contributed by atoms with Gasteiger partial charge in [0.1, 0.15) is 5.82 Å². The molecular formula is C23H28ClN5O2. The number of carbonyl (C=O) groups excluding carboxylic acids is 1. The predicted octanol–water partition coefficient (Wildman–Crippen LogP) is 4.37. The number of imidazole rings is 1. The molecule has 1 fully saturated rings. The standard InChI is InChI=1S/C23H28ClN5O2/c1-2-31-15-5-12-29-20-7-4-3-6-19(20)26-23(29)27-22(30)17-10-13-28(14-11-17)21-9-8-18(24)16-25-21/h3-4,6-9,16-17H,2,5,10-15H2,1H3,(H,26,27,30). The lowest BCUT2D eigenvalue weighted by molar-refractivity contribution is -0.120. The third kappa shape index (κ3) is 5.17. The maximum Gasteiger partial charge on any atom is 0.229 e. The van der Waals surface area contributed by atoms with Gasteiger partial charge in [0.25, 0.3) is 0 Å². The highest BCUT2D eigenvalue weighted by Gasteiger charge is 2.27. The predicted molar refractivity (Wildman–Crippen MR) is 124 cm³/mol.